The molecule has 0 saturated heterocycles. The Morgan fingerprint density at radius 3 is 2.94 bits per heavy atom. The van der Waals surface area contributed by atoms with E-state index < -0.39 is 0 Å². The summed E-state index contributed by atoms with van der Waals surface area (Å²) in [6.45, 7) is 1.97. The van der Waals surface area contributed by atoms with Gasteiger partial charge in [-0.15, -0.1) is 0 Å². The summed E-state index contributed by atoms with van der Waals surface area (Å²) in [6.07, 6.45) is 7.38. The summed E-state index contributed by atoms with van der Waals surface area (Å²) in [5.74, 6) is 0.779. The van der Waals surface area contributed by atoms with Gasteiger partial charge in [0.1, 0.15) is 6.10 Å². The summed E-state index contributed by atoms with van der Waals surface area (Å²) in [5, 5.41) is 5.18. The molecule has 1 aromatic heterocycles. The maximum Gasteiger partial charge on any atom is 0.202 e. The highest BCUT2D eigenvalue weighted by atomic mass is 32.2. The molecule has 1 aliphatic carbocycles. The second-order valence-electron chi connectivity index (χ2n) is 4.65. The fraction of sp³-hybridized carbons (Fsp3) is 0.833. The Kier molecular flexibility index (Phi) is 5.26. The summed E-state index contributed by atoms with van der Waals surface area (Å²) < 4.78 is 9.57. The van der Waals surface area contributed by atoms with Crippen LogP contribution in [0.25, 0.3) is 0 Å². The van der Waals surface area contributed by atoms with Crippen molar-refractivity contribution in [1.82, 2.24) is 9.36 Å². The number of rotatable bonds is 5. The predicted molar refractivity (Wildman–Crippen MR) is 78.5 cm³/mol. The molecule has 0 bridgehead atoms. The summed E-state index contributed by atoms with van der Waals surface area (Å²) in [4.78, 5) is 4.51. The Bertz CT molecular complexity index is 372. The molecule has 0 aliphatic heterocycles. The van der Waals surface area contributed by atoms with Gasteiger partial charge in [0, 0.05) is 29.9 Å². The third kappa shape index (κ3) is 3.36. The van der Waals surface area contributed by atoms with Crippen LogP contribution in [0, 0.1) is 0 Å². The standard InChI is InChI=1S/C12H21N3OS2/c1-8(16-2)11-14-12(18-15-11)13-9-6-4-5-7-10(9)17-3/h8-10H,4-7H2,1-3H3,(H,13,14,15). The van der Waals surface area contributed by atoms with Crippen molar-refractivity contribution in [1.29, 1.82) is 0 Å². The van der Waals surface area contributed by atoms with Crippen LogP contribution in [0.2, 0.25) is 0 Å². The lowest BCUT2D eigenvalue weighted by Crippen LogP contribution is -2.34. The Morgan fingerprint density at radius 1 is 1.44 bits per heavy atom. The molecule has 1 N–H and O–H groups in total. The lowest BCUT2D eigenvalue weighted by molar-refractivity contribution is 0.113. The lowest BCUT2D eigenvalue weighted by Gasteiger charge is -2.30. The molecule has 2 rings (SSSR count). The number of hydrogen-bond acceptors (Lipinski definition) is 6. The van der Waals surface area contributed by atoms with Gasteiger partial charge in [-0.2, -0.15) is 16.1 Å². The lowest BCUT2D eigenvalue weighted by atomic mass is 9.95. The largest absolute Gasteiger partial charge is 0.374 e. The minimum absolute atomic E-state index is 0.0282. The highest BCUT2D eigenvalue weighted by Crippen LogP contribution is 2.30. The number of nitrogens with one attached hydrogen (secondary N) is 1. The van der Waals surface area contributed by atoms with E-state index in [1.807, 2.05) is 18.7 Å². The smallest absolute Gasteiger partial charge is 0.202 e. The van der Waals surface area contributed by atoms with E-state index in [4.69, 9.17) is 4.74 Å². The van der Waals surface area contributed by atoms with Crippen molar-refractivity contribution in [2.75, 3.05) is 18.7 Å². The SMILES string of the molecule is COC(C)c1nsc(NC2CCCCC2SC)n1. The van der Waals surface area contributed by atoms with E-state index in [2.05, 4.69) is 20.9 Å². The van der Waals surface area contributed by atoms with E-state index >= 15 is 0 Å². The van der Waals surface area contributed by atoms with Crippen molar-refractivity contribution >= 4 is 28.4 Å². The van der Waals surface area contributed by atoms with Crippen molar-refractivity contribution in [3.63, 3.8) is 0 Å². The highest BCUT2D eigenvalue weighted by Gasteiger charge is 2.25. The number of thioether (sulfide) groups is 1. The van der Waals surface area contributed by atoms with Gasteiger partial charge >= 0.3 is 0 Å². The average Bonchev–Trinajstić information content (AvgIpc) is 2.87. The van der Waals surface area contributed by atoms with Gasteiger partial charge in [0.15, 0.2) is 5.82 Å². The van der Waals surface area contributed by atoms with Gasteiger partial charge < -0.3 is 10.1 Å². The first-order valence-corrected chi connectivity index (χ1v) is 8.46. The van der Waals surface area contributed by atoms with E-state index in [9.17, 15) is 0 Å². The third-order valence-electron chi connectivity index (χ3n) is 3.47. The second-order valence-corrected chi connectivity index (χ2v) is 6.47. The van der Waals surface area contributed by atoms with Gasteiger partial charge in [-0.1, -0.05) is 12.8 Å². The fourth-order valence-electron chi connectivity index (χ4n) is 2.27. The van der Waals surface area contributed by atoms with Crippen molar-refractivity contribution in [3.05, 3.63) is 5.82 Å². The molecule has 0 radical (unpaired) electrons. The first-order chi connectivity index (χ1) is 8.74. The second kappa shape index (κ2) is 6.73. The summed E-state index contributed by atoms with van der Waals surface area (Å²) in [7, 11) is 1.68. The molecular weight excluding hydrogens is 266 g/mol. The minimum atomic E-state index is -0.0282. The van der Waals surface area contributed by atoms with Crippen LogP contribution in [0.5, 0.6) is 0 Å². The third-order valence-corrected chi connectivity index (χ3v) is 5.30. The molecule has 3 atom stereocenters. The number of aromatic nitrogens is 2. The monoisotopic (exact) mass is 287 g/mol. The molecule has 1 aliphatic rings. The molecule has 1 fully saturated rings. The van der Waals surface area contributed by atoms with E-state index in [1.165, 1.54) is 37.2 Å². The molecule has 6 heteroatoms. The van der Waals surface area contributed by atoms with Crippen molar-refractivity contribution in [2.24, 2.45) is 0 Å². The van der Waals surface area contributed by atoms with Gasteiger partial charge in [0.2, 0.25) is 5.13 Å². The van der Waals surface area contributed by atoms with Gasteiger partial charge in [-0.3, -0.25) is 0 Å². The van der Waals surface area contributed by atoms with Crippen LogP contribution in [0.3, 0.4) is 0 Å². The molecule has 102 valence electrons. The van der Waals surface area contributed by atoms with Crippen LogP contribution in [0.1, 0.15) is 44.5 Å². The normalized spacial score (nSPS) is 25.9. The average molecular weight is 287 g/mol. The number of hydrogen-bond donors (Lipinski definition) is 1. The summed E-state index contributed by atoms with van der Waals surface area (Å²) in [6, 6.07) is 0.535. The quantitative estimate of drug-likeness (QED) is 0.900. The predicted octanol–water partition coefficient (Wildman–Crippen LogP) is 3.33. The van der Waals surface area contributed by atoms with Gasteiger partial charge in [-0.25, -0.2) is 4.98 Å². The van der Waals surface area contributed by atoms with Crippen LogP contribution in [0.15, 0.2) is 0 Å². The summed E-state index contributed by atoms with van der Waals surface area (Å²) >= 11 is 3.40. The van der Waals surface area contributed by atoms with Gasteiger partial charge in [0.05, 0.1) is 0 Å². The minimum Gasteiger partial charge on any atom is -0.374 e. The van der Waals surface area contributed by atoms with Crippen LogP contribution >= 0.6 is 23.3 Å². The van der Waals surface area contributed by atoms with Crippen molar-refractivity contribution < 1.29 is 4.74 Å². The molecular formula is C12H21N3OS2. The van der Waals surface area contributed by atoms with Crippen LogP contribution in [0.4, 0.5) is 5.13 Å². The first-order valence-electron chi connectivity index (χ1n) is 6.40. The van der Waals surface area contributed by atoms with Gasteiger partial charge in [0.25, 0.3) is 0 Å². The Morgan fingerprint density at radius 2 is 2.22 bits per heavy atom. The first kappa shape index (κ1) is 14.1. The van der Waals surface area contributed by atoms with Gasteiger partial charge in [-0.05, 0) is 26.0 Å². The Labute approximate surface area is 117 Å². The molecule has 1 heterocycles. The van der Waals surface area contributed by atoms with Crippen molar-refractivity contribution in [2.45, 2.75) is 50.0 Å². The van der Waals surface area contributed by atoms with E-state index in [-0.39, 0.29) is 6.10 Å². The van der Waals surface area contributed by atoms with E-state index in [0.717, 1.165) is 11.0 Å². The maximum absolute atomic E-state index is 5.23. The molecule has 0 spiro atoms. The zero-order valence-corrected chi connectivity index (χ0v) is 12.8. The number of anilines is 1. The zero-order valence-electron chi connectivity index (χ0n) is 11.2. The molecule has 0 amide bonds. The Balaban J connectivity index is 1.97. The van der Waals surface area contributed by atoms with Crippen LogP contribution in [-0.2, 0) is 4.74 Å². The molecule has 0 aromatic carbocycles. The number of nitrogens with zero attached hydrogens (tertiary/aromatic N) is 2. The molecule has 1 aromatic rings. The van der Waals surface area contributed by atoms with E-state index in [0.29, 0.717) is 11.3 Å². The van der Waals surface area contributed by atoms with Crippen molar-refractivity contribution in [3.8, 4) is 0 Å². The summed E-state index contributed by atoms with van der Waals surface area (Å²) in [5.41, 5.74) is 0. The molecule has 1 saturated carbocycles. The molecule has 3 unspecified atom stereocenters. The topological polar surface area (TPSA) is 47.0 Å². The highest BCUT2D eigenvalue weighted by molar-refractivity contribution is 7.99. The molecule has 18 heavy (non-hydrogen) atoms. The number of ether oxygens (including phenoxy) is 1. The zero-order chi connectivity index (χ0) is 13.0. The maximum atomic E-state index is 5.23. The molecule has 4 nitrogen and oxygen atoms in total. The van der Waals surface area contributed by atoms with E-state index in [1.54, 1.807) is 7.11 Å². The van der Waals surface area contributed by atoms with Crippen LogP contribution in [-0.4, -0.2) is 34.0 Å². The number of methoxy groups -OCH3 is 1. The fourth-order valence-corrected chi connectivity index (χ4v) is 3.91. The Hall–Kier alpha value is -0.330. The van der Waals surface area contributed by atoms with Crippen LogP contribution < -0.4 is 5.32 Å².